The van der Waals surface area contributed by atoms with Crippen molar-refractivity contribution in [3.63, 3.8) is 0 Å². The normalized spacial score (nSPS) is 42.1. The Morgan fingerprint density at radius 2 is 1.75 bits per heavy atom. The summed E-state index contributed by atoms with van der Waals surface area (Å²) >= 11 is 0. The summed E-state index contributed by atoms with van der Waals surface area (Å²) in [5, 5.41) is 11.5. The summed E-state index contributed by atoms with van der Waals surface area (Å²) in [6, 6.07) is 0. The Bertz CT molecular complexity index is 1110. The van der Waals surface area contributed by atoms with E-state index in [1.165, 1.54) is 0 Å². The Balaban J connectivity index is 1.69. The largest absolute Gasteiger partial charge is 0.481 e. The molecule has 1 N–H and O–H groups in total. The van der Waals surface area contributed by atoms with Gasteiger partial charge >= 0.3 is 5.63 Å². The van der Waals surface area contributed by atoms with Crippen molar-refractivity contribution in [2.45, 2.75) is 92.3 Å². The number of carbonyl (C=O) groups is 1. The van der Waals surface area contributed by atoms with Crippen LogP contribution in [0.15, 0.2) is 20.9 Å². The van der Waals surface area contributed by atoms with E-state index >= 15 is 0 Å². The Hall–Kier alpha value is -1.88. The summed E-state index contributed by atoms with van der Waals surface area (Å²) in [6.45, 7) is 14.5. The Kier molecular flexibility index (Phi) is 4.37. The first kappa shape index (κ1) is 21.9. The van der Waals surface area contributed by atoms with Gasteiger partial charge in [-0.15, -0.1) is 0 Å². The van der Waals surface area contributed by atoms with Gasteiger partial charge in [0.25, 0.3) is 0 Å². The van der Waals surface area contributed by atoms with Gasteiger partial charge < -0.3 is 14.3 Å². The number of rotatable bonds is 0. The molecule has 2 fully saturated rings. The number of Topliss-reactive ketones (excluding diaryl/α,β-unsaturated/α-hetero) is 1. The van der Waals surface area contributed by atoms with Crippen LogP contribution in [0.4, 0.5) is 0 Å². The monoisotopic (exact) mass is 440 g/mol. The van der Waals surface area contributed by atoms with Crippen LogP contribution in [0.25, 0.3) is 0 Å². The Morgan fingerprint density at radius 1 is 1.06 bits per heavy atom. The lowest BCUT2D eigenvalue weighted by molar-refractivity contribution is -0.207. The summed E-state index contributed by atoms with van der Waals surface area (Å²) in [4.78, 5) is 25.7. The fraction of sp³-hybridized carbons (Fsp3) is 0.704. The van der Waals surface area contributed by atoms with E-state index in [1.807, 2.05) is 19.9 Å². The van der Waals surface area contributed by atoms with E-state index in [1.54, 1.807) is 6.92 Å². The molecule has 1 aliphatic heterocycles. The van der Waals surface area contributed by atoms with E-state index in [-0.39, 0.29) is 28.3 Å². The van der Waals surface area contributed by atoms with E-state index in [2.05, 4.69) is 27.7 Å². The smallest absolute Gasteiger partial charge is 0.343 e. The molecule has 0 amide bonds. The molecule has 32 heavy (non-hydrogen) atoms. The Labute approximate surface area is 190 Å². The van der Waals surface area contributed by atoms with Crippen molar-refractivity contribution in [2.24, 2.45) is 28.1 Å². The van der Waals surface area contributed by atoms with Crippen LogP contribution in [-0.4, -0.2) is 22.6 Å². The number of aliphatic hydroxyl groups is 1. The third kappa shape index (κ3) is 2.39. The minimum absolute atomic E-state index is 0.0624. The maximum atomic E-state index is 12.8. The van der Waals surface area contributed by atoms with Crippen molar-refractivity contribution in [1.82, 2.24) is 0 Å². The van der Waals surface area contributed by atoms with Crippen LogP contribution < -0.4 is 10.4 Å². The van der Waals surface area contributed by atoms with Crippen LogP contribution in [0.2, 0.25) is 0 Å². The molecule has 6 atom stereocenters. The Morgan fingerprint density at radius 3 is 2.44 bits per heavy atom. The lowest BCUT2D eigenvalue weighted by Crippen LogP contribution is -2.69. The van der Waals surface area contributed by atoms with Gasteiger partial charge in [-0.3, -0.25) is 4.79 Å². The van der Waals surface area contributed by atoms with Gasteiger partial charge in [0, 0.05) is 35.2 Å². The van der Waals surface area contributed by atoms with Gasteiger partial charge in [-0.05, 0) is 56.9 Å². The highest BCUT2D eigenvalue weighted by atomic mass is 16.5. The van der Waals surface area contributed by atoms with Crippen LogP contribution >= 0.6 is 0 Å². The minimum atomic E-state index is -0.688. The third-order valence-corrected chi connectivity index (χ3v) is 10.3. The molecule has 4 aliphatic rings. The summed E-state index contributed by atoms with van der Waals surface area (Å²) in [5.41, 5.74) is 0.509. The average molecular weight is 441 g/mol. The fourth-order valence-electron chi connectivity index (χ4n) is 8.49. The number of aryl methyl sites for hydroxylation is 1. The van der Waals surface area contributed by atoms with Gasteiger partial charge in [-0.25, -0.2) is 4.79 Å². The summed E-state index contributed by atoms with van der Waals surface area (Å²) in [5.74, 6) is 1.74. The number of aliphatic hydroxyl groups excluding tert-OH is 1. The van der Waals surface area contributed by atoms with E-state index < -0.39 is 17.1 Å². The highest BCUT2D eigenvalue weighted by Gasteiger charge is 2.70. The lowest BCUT2D eigenvalue weighted by atomic mass is 9.38. The first-order chi connectivity index (χ1) is 14.8. The SMILES string of the molecule is CC1=C[C@H](O)[C@@H]2[C@@]3(C)CCC(=O)C(C)(C)[C@@H]3CC[C@@]2(C)[C@]12Cc1c(c(C)c(C)oc1=O)O2. The fourth-order valence-corrected chi connectivity index (χ4v) is 8.49. The summed E-state index contributed by atoms with van der Waals surface area (Å²) < 4.78 is 12.4. The second kappa shape index (κ2) is 6.37. The van der Waals surface area contributed by atoms with E-state index in [0.29, 0.717) is 35.7 Å². The lowest BCUT2D eigenvalue weighted by Gasteiger charge is -2.67. The predicted octanol–water partition coefficient (Wildman–Crippen LogP) is 4.68. The molecule has 5 heteroatoms. The maximum absolute atomic E-state index is 12.8. The first-order valence-electron chi connectivity index (χ1n) is 12.0. The molecule has 5 rings (SSSR count). The van der Waals surface area contributed by atoms with Gasteiger partial charge in [-0.1, -0.05) is 33.8 Å². The van der Waals surface area contributed by atoms with Gasteiger partial charge in [0.2, 0.25) is 0 Å². The van der Waals surface area contributed by atoms with E-state index in [9.17, 15) is 14.7 Å². The first-order valence-corrected chi connectivity index (χ1v) is 12.0. The predicted molar refractivity (Wildman–Crippen MR) is 122 cm³/mol. The highest BCUT2D eigenvalue weighted by molar-refractivity contribution is 5.85. The van der Waals surface area contributed by atoms with Gasteiger partial charge in [0.15, 0.2) is 0 Å². The molecule has 1 aromatic heterocycles. The molecule has 174 valence electrons. The number of hydrogen-bond donors (Lipinski definition) is 1. The molecular formula is C27H36O5. The topological polar surface area (TPSA) is 76.7 Å². The van der Waals surface area contributed by atoms with Crippen molar-refractivity contribution in [3.05, 3.63) is 39.0 Å². The molecule has 5 nitrogen and oxygen atoms in total. The zero-order valence-electron chi connectivity index (χ0n) is 20.4. The third-order valence-electron chi connectivity index (χ3n) is 10.3. The number of ether oxygens (including phenoxy) is 1. The second-order valence-corrected chi connectivity index (χ2v) is 12.0. The molecule has 0 bridgehead atoms. The van der Waals surface area contributed by atoms with Gasteiger partial charge in [0.1, 0.15) is 22.9 Å². The molecule has 1 spiro atoms. The van der Waals surface area contributed by atoms with Gasteiger partial charge in [0.05, 0.1) is 11.7 Å². The van der Waals surface area contributed by atoms with Crippen molar-refractivity contribution in [3.8, 4) is 5.75 Å². The standard InChI is InChI=1S/C27H36O5/c1-14-12-18(28)22-25(6)10-9-20(29)24(4,5)19(25)8-11-26(22,7)27(14)13-17-21(32-27)15(2)16(3)31-23(17)30/h12,18-19,22,28H,8-11,13H2,1-7H3/t18-,19-,22+,25-,26+,27-/m0/s1. The van der Waals surface area contributed by atoms with Crippen molar-refractivity contribution in [1.29, 1.82) is 0 Å². The van der Waals surface area contributed by atoms with Crippen LogP contribution in [0, 0.1) is 41.9 Å². The molecule has 0 radical (unpaired) electrons. The second-order valence-electron chi connectivity index (χ2n) is 12.0. The quantitative estimate of drug-likeness (QED) is 0.593. The van der Waals surface area contributed by atoms with Gasteiger partial charge in [-0.2, -0.15) is 0 Å². The number of hydrogen-bond acceptors (Lipinski definition) is 5. The van der Waals surface area contributed by atoms with Crippen LogP contribution in [-0.2, 0) is 11.2 Å². The van der Waals surface area contributed by atoms with Crippen LogP contribution in [0.5, 0.6) is 5.75 Å². The number of fused-ring (bicyclic) bond motifs is 5. The van der Waals surface area contributed by atoms with E-state index in [0.717, 1.165) is 30.4 Å². The summed E-state index contributed by atoms with van der Waals surface area (Å²) in [7, 11) is 0. The number of ketones is 1. The molecular weight excluding hydrogens is 404 g/mol. The van der Waals surface area contributed by atoms with Crippen LogP contribution in [0.1, 0.15) is 77.2 Å². The number of carbonyl (C=O) groups excluding carboxylic acids is 1. The molecule has 2 heterocycles. The zero-order valence-corrected chi connectivity index (χ0v) is 20.4. The molecule has 1 aromatic rings. The molecule has 3 aliphatic carbocycles. The van der Waals surface area contributed by atoms with Crippen molar-refractivity contribution < 1.29 is 19.1 Å². The average Bonchev–Trinajstić information content (AvgIpc) is 3.11. The molecule has 0 unspecified atom stereocenters. The van der Waals surface area contributed by atoms with E-state index in [4.69, 9.17) is 9.15 Å². The van der Waals surface area contributed by atoms with Crippen LogP contribution in [0.3, 0.4) is 0 Å². The zero-order chi connectivity index (χ0) is 23.4. The minimum Gasteiger partial charge on any atom is -0.481 e. The molecule has 0 saturated heterocycles. The summed E-state index contributed by atoms with van der Waals surface area (Å²) in [6.07, 6.45) is 4.92. The maximum Gasteiger partial charge on any atom is 0.343 e. The molecule has 2 saturated carbocycles. The highest BCUT2D eigenvalue weighted by Crippen LogP contribution is 2.70. The molecule has 0 aromatic carbocycles. The van der Waals surface area contributed by atoms with Crippen molar-refractivity contribution in [2.75, 3.05) is 0 Å². The van der Waals surface area contributed by atoms with Crippen molar-refractivity contribution >= 4 is 5.78 Å².